The van der Waals surface area contributed by atoms with Crippen LogP contribution in [0.2, 0.25) is 0 Å². The Morgan fingerprint density at radius 2 is 2.38 bits per heavy atom. The quantitative estimate of drug-likeness (QED) is 0.401. The Kier molecular flexibility index (Phi) is 4.04. The maximum Gasteiger partial charge on any atom is 0.0845 e. The maximum absolute atomic E-state index is 4.90. The van der Waals surface area contributed by atoms with Crippen LogP contribution >= 0.6 is 0 Å². The standard InChI is InChI=1S/C7H12O/c1-4-8-6-5-7(2)3/h5-6H,2,4H2,1,3H3. The average molecular weight is 112 g/mol. The summed E-state index contributed by atoms with van der Waals surface area (Å²) in [4.78, 5) is 0. The van der Waals surface area contributed by atoms with Crippen molar-refractivity contribution in [3.8, 4) is 0 Å². The van der Waals surface area contributed by atoms with Crippen LogP contribution in [0.25, 0.3) is 0 Å². The molecule has 0 saturated heterocycles. The molecule has 0 aliphatic rings. The Bertz CT molecular complexity index is 92.6. The average Bonchev–Trinajstić information content (AvgIpc) is 1.66. The fraction of sp³-hybridized carbons (Fsp3) is 0.429. The van der Waals surface area contributed by atoms with Gasteiger partial charge >= 0.3 is 0 Å². The van der Waals surface area contributed by atoms with Crippen molar-refractivity contribution in [3.05, 3.63) is 24.5 Å². The summed E-state index contributed by atoms with van der Waals surface area (Å²) in [6, 6.07) is 0. The molecule has 0 aliphatic carbocycles. The molecular weight excluding hydrogens is 100 g/mol. The lowest BCUT2D eigenvalue weighted by molar-refractivity contribution is 0.269. The smallest absolute Gasteiger partial charge is 0.0845 e. The first-order valence-electron chi connectivity index (χ1n) is 2.71. The van der Waals surface area contributed by atoms with E-state index in [2.05, 4.69) is 6.58 Å². The van der Waals surface area contributed by atoms with Crippen molar-refractivity contribution < 1.29 is 4.74 Å². The Morgan fingerprint density at radius 1 is 1.75 bits per heavy atom. The van der Waals surface area contributed by atoms with Gasteiger partial charge in [0.2, 0.25) is 0 Å². The zero-order valence-electron chi connectivity index (χ0n) is 5.48. The zero-order valence-corrected chi connectivity index (χ0v) is 5.48. The second-order valence-electron chi connectivity index (χ2n) is 1.60. The summed E-state index contributed by atoms with van der Waals surface area (Å²) in [5.74, 6) is 0. The highest BCUT2D eigenvalue weighted by atomic mass is 16.5. The zero-order chi connectivity index (χ0) is 6.41. The van der Waals surface area contributed by atoms with E-state index in [0.717, 1.165) is 12.2 Å². The SMILES string of the molecule is C=C(C)C=COCC. The normalized spacial score (nSPS) is 9.75. The van der Waals surface area contributed by atoms with E-state index in [-0.39, 0.29) is 0 Å². The van der Waals surface area contributed by atoms with Crippen molar-refractivity contribution in [2.45, 2.75) is 13.8 Å². The molecule has 0 fully saturated rings. The molecule has 0 N–H and O–H groups in total. The topological polar surface area (TPSA) is 9.23 Å². The Balaban J connectivity index is 3.20. The van der Waals surface area contributed by atoms with E-state index in [9.17, 15) is 0 Å². The van der Waals surface area contributed by atoms with Gasteiger partial charge in [0.1, 0.15) is 0 Å². The highest BCUT2D eigenvalue weighted by Crippen LogP contribution is 1.88. The summed E-state index contributed by atoms with van der Waals surface area (Å²) in [7, 11) is 0. The van der Waals surface area contributed by atoms with E-state index in [0.29, 0.717) is 0 Å². The first-order chi connectivity index (χ1) is 3.77. The van der Waals surface area contributed by atoms with E-state index < -0.39 is 0 Å². The molecule has 0 atom stereocenters. The summed E-state index contributed by atoms with van der Waals surface area (Å²) < 4.78 is 4.90. The summed E-state index contributed by atoms with van der Waals surface area (Å²) in [6.07, 6.45) is 3.49. The lowest BCUT2D eigenvalue weighted by atomic mass is 10.4. The molecule has 0 aromatic rings. The molecule has 0 aromatic carbocycles. The van der Waals surface area contributed by atoms with E-state index >= 15 is 0 Å². The third kappa shape index (κ3) is 5.28. The second-order valence-corrected chi connectivity index (χ2v) is 1.60. The second kappa shape index (κ2) is 4.44. The van der Waals surface area contributed by atoms with E-state index in [1.54, 1.807) is 6.26 Å². The van der Waals surface area contributed by atoms with Crippen molar-refractivity contribution in [3.63, 3.8) is 0 Å². The molecular formula is C7H12O. The van der Waals surface area contributed by atoms with Gasteiger partial charge in [-0.05, 0) is 19.9 Å². The Hall–Kier alpha value is -0.720. The lowest BCUT2D eigenvalue weighted by Crippen LogP contribution is -1.75. The van der Waals surface area contributed by atoms with Crippen molar-refractivity contribution in [1.82, 2.24) is 0 Å². The highest BCUT2D eigenvalue weighted by Gasteiger charge is 1.70. The van der Waals surface area contributed by atoms with Gasteiger partial charge in [0.15, 0.2) is 0 Å². The van der Waals surface area contributed by atoms with Crippen LogP contribution in [-0.4, -0.2) is 6.61 Å². The minimum Gasteiger partial charge on any atom is -0.501 e. The first kappa shape index (κ1) is 7.28. The van der Waals surface area contributed by atoms with Crippen LogP contribution < -0.4 is 0 Å². The fourth-order valence-corrected chi connectivity index (χ4v) is 0.260. The van der Waals surface area contributed by atoms with E-state index in [1.165, 1.54) is 0 Å². The molecule has 46 valence electrons. The molecule has 0 heterocycles. The van der Waals surface area contributed by atoms with Gasteiger partial charge in [-0.2, -0.15) is 0 Å². The van der Waals surface area contributed by atoms with E-state index in [4.69, 9.17) is 4.74 Å². The molecule has 0 spiro atoms. The van der Waals surface area contributed by atoms with Gasteiger partial charge in [-0.25, -0.2) is 0 Å². The summed E-state index contributed by atoms with van der Waals surface area (Å²) >= 11 is 0. The molecule has 0 bridgehead atoms. The molecule has 1 heteroatoms. The molecule has 0 radical (unpaired) electrons. The Labute approximate surface area is 50.7 Å². The van der Waals surface area contributed by atoms with Gasteiger partial charge in [-0.3, -0.25) is 0 Å². The van der Waals surface area contributed by atoms with Gasteiger partial charge < -0.3 is 4.74 Å². The lowest BCUT2D eigenvalue weighted by Gasteiger charge is -1.90. The molecule has 0 aliphatic heterocycles. The van der Waals surface area contributed by atoms with Crippen LogP contribution in [0.5, 0.6) is 0 Å². The van der Waals surface area contributed by atoms with Gasteiger partial charge in [-0.15, -0.1) is 0 Å². The molecule has 0 unspecified atom stereocenters. The van der Waals surface area contributed by atoms with Crippen molar-refractivity contribution in [2.75, 3.05) is 6.61 Å². The third-order valence-corrected chi connectivity index (χ3v) is 0.615. The molecule has 0 amide bonds. The minimum absolute atomic E-state index is 0.726. The van der Waals surface area contributed by atoms with Crippen LogP contribution in [0, 0.1) is 0 Å². The largest absolute Gasteiger partial charge is 0.501 e. The fourth-order valence-electron chi connectivity index (χ4n) is 0.260. The summed E-state index contributed by atoms with van der Waals surface area (Å²) in [5.41, 5.74) is 1.01. The minimum atomic E-state index is 0.726. The number of ether oxygens (including phenoxy) is 1. The predicted molar refractivity (Wildman–Crippen MR) is 35.6 cm³/mol. The third-order valence-electron chi connectivity index (χ3n) is 0.615. The van der Waals surface area contributed by atoms with Gasteiger partial charge in [0, 0.05) is 0 Å². The van der Waals surface area contributed by atoms with Crippen molar-refractivity contribution in [1.29, 1.82) is 0 Å². The van der Waals surface area contributed by atoms with E-state index in [1.807, 2.05) is 19.9 Å². The number of rotatable bonds is 3. The Morgan fingerprint density at radius 3 is 2.75 bits per heavy atom. The van der Waals surface area contributed by atoms with Gasteiger partial charge in [0.05, 0.1) is 12.9 Å². The molecule has 0 rings (SSSR count). The number of hydrogen-bond donors (Lipinski definition) is 0. The summed E-state index contributed by atoms with van der Waals surface area (Å²) in [6.45, 7) is 8.26. The van der Waals surface area contributed by atoms with Crippen molar-refractivity contribution >= 4 is 0 Å². The van der Waals surface area contributed by atoms with Crippen LogP contribution in [0.4, 0.5) is 0 Å². The highest BCUT2D eigenvalue weighted by molar-refractivity contribution is 5.08. The molecule has 8 heavy (non-hydrogen) atoms. The maximum atomic E-state index is 4.90. The number of allylic oxidation sites excluding steroid dienone is 2. The first-order valence-corrected chi connectivity index (χ1v) is 2.71. The molecule has 0 aromatic heterocycles. The molecule has 0 saturated carbocycles. The number of hydrogen-bond acceptors (Lipinski definition) is 1. The molecule has 1 nitrogen and oxygen atoms in total. The monoisotopic (exact) mass is 112 g/mol. The van der Waals surface area contributed by atoms with Crippen molar-refractivity contribution in [2.24, 2.45) is 0 Å². The van der Waals surface area contributed by atoms with Crippen LogP contribution in [0.1, 0.15) is 13.8 Å². The van der Waals surface area contributed by atoms with Gasteiger partial charge in [-0.1, -0.05) is 12.2 Å². The summed E-state index contributed by atoms with van der Waals surface area (Å²) in [5, 5.41) is 0. The van der Waals surface area contributed by atoms with Crippen LogP contribution in [-0.2, 0) is 4.74 Å². The predicted octanol–water partition coefficient (Wildman–Crippen LogP) is 2.11. The van der Waals surface area contributed by atoms with Crippen LogP contribution in [0.3, 0.4) is 0 Å². The van der Waals surface area contributed by atoms with Crippen LogP contribution in [0.15, 0.2) is 24.5 Å². The van der Waals surface area contributed by atoms with Gasteiger partial charge in [0.25, 0.3) is 0 Å².